The number of benzene rings is 1. The number of carbonyl (C=O) groups is 3. The number of para-hydroxylation sites is 1. The second-order valence-corrected chi connectivity index (χ2v) is 7.75. The number of methoxy groups -OCH3 is 1. The molecule has 1 aromatic carbocycles. The Morgan fingerprint density at radius 1 is 1.16 bits per heavy atom. The molecule has 3 rings (SSSR count). The van der Waals surface area contributed by atoms with E-state index >= 15 is 0 Å². The van der Waals surface area contributed by atoms with Crippen molar-refractivity contribution in [1.82, 2.24) is 15.2 Å². The summed E-state index contributed by atoms with van der Waals surface area (Å²) >= 11 is 0. The maximum Gasteiger partial charge on any atom is 0.339 e. The minimum absolute atomic E-state index is 0.00103. The van der Waals surface area contributed by atoms with Gasteiger partial charge in [-0.2, -0.15) is 0 Å². The molecule has 0 atom stereocenters. The number of hydrogen-bond donors (Lipinski definition) is 3. The van der Waals surface area contributed by atoms with Crippen molar-refractivity contribution in [1.29, 1.82) is 0 Å². The summed E-state index contributed by atoms with van der Waals surface area (Å²) in [4.78, 5) is 42.5. The largest absolute Gasteiger partial charge is 0.465 e. The first kappa shape index (κ1) is 22.4. The van der Waals surface area contributed by atoms with Gasteiger partial charge in [-0.1, -0.05) is 31.5 Å². The van der Waals surface area contributed by atoms with E-state index in [1.165, 1.54) is 7.11 Å². The third-order valence-electron chi connectivity index (χ3n) is 5.54. The number of ether oxygens (including phenoxy) is 1. The number of nitrogens with zero attached hydrogens (tertiary/aromatic N) is 1. The van der Waals surface area contributed by atoms with Crippen LogP contribution in [-0.4, -0.2) is 54.0 Å². The number of nitrogens with one attached hydrogen (secondary N) is 3. The van der Waals surface area contributed by atoms with Crippen LogP contribution in [0.25, 0.3) is 0 Å². The Labute approximate surface area is 182 Å². The molecule has 0 aliphatic carbocycles. The van der Waals surface area contributed by atoms with Crippen molar-refractivity contribution in [2.45, 2.75) is 45.6 Å². The van der Waals surface area contributed by atoms with Gasteiger partial charge in [0.25, 0.3) is 5.91 Å². The van der Waals surface area contributed by atoms with Crippen LogP contribution in [0.5, 0.6) is 0 Å². The maximum atomic E-state index is 13.2. The van der Waals surface area contributed by atoms with Crippen LogP contribution in [0.3, 0.4) is 0 Å². The number of aryl methyl sites for hydroxylation is 1. The monoisotopic (exact) mass is 426 g/mol. The number of piperidine rings is 1. The molecule has 2 heterocycles. The van der Waals surface area contributed by atoms with Gasteiger partial charge < -0.3 is 25.3 Å². The zero-order chi connectivity index (χ0) is 22.4. The lowest BCUT2D eigenvalue weighted by atomic mass is 10.0. The van der Waals surface area contributed by atoms with E-state index in [2.05, 4.69) is 15.6 Å². The highest BCUT2D eigenvalue weighted by Gasteiger charge is 2.30. The molecule has 8 heteroatoms. The first-order valence-corrected chi connectivity index (χ1v) is 10.7. The highest BCUT2D eigenvalue weighted by atomic mass is 16.5. The Hall–Kier alpha value is -3.29. The number of aromatic amines is 1. The Morgan fingerprint density at radius 3 is 2.45 bits per heavy atom. The topological polar surface area (TPSA) is 104 Å². The van der Waals surface area contributed by atoms with Crippen LogP contribution < -0.4 is 10.6 Å². The second-order valence-electron chi connectivity index (χ2n) is 7.75. The van der Waals surface area contributed by atoms with E-state index in [-0.39, 0.29) is 18.0 Å². The van der Waals surface area contributed by atoms with Crippen LogP contribution >= 0.6 is 0 Å². The molecule has 0 bridgehead atoms. The summed E-state index contributed by atoms with van der Waals surface area (Å²) in [6.45, 7) is 4.86. The Morgan fingerprint density at radius 2 is 1.84 bits per heavy atom. The van der Waals surface area contributed by atoms with Gasteiger partial charge >= 0.3 is 12.0 Å². The molecule has 8 nitrogen and oxygen atoms in total. The second kappa shape index (κ2) is 10.1. The predicted molar refractivity (Wildman–Crippen MR) is 118 cm³/mol. The van der Waals surface area contributed by atoms with E-state index < -0.39 is 5.97 Å². The maximum absolute atomic E-state index is 13.2. The van der Waals surface area contributed by atoms with Gasteiger partial charge in [-0.15, -0.1) is 0 Å². The third kappa shape index (κ3) is 5.25. The van der Waals surface area contributed by atoms with Crippen molar-refractivity contribution < 1.29 is 19.1 Å². The lowest BCUT2D eigenvalue weighted by Gasteiger charge is -2.32. The molecule has 1 aromatic heterocycles. The van der Waals surface area contributed by atoms with Gasteiger partial charge in [-0.3, -0.25) is 4.79 Å². The zero-order valence-corrected chi connectivity index (χ0v) is 18.3. The van der Waals surface area contributed by atoms with Gasteiger partial charge in [0.05, 0.1) is 12.7 Å². The molecule has 0 unspecified atom stereocenters. The number of hydrogen-bond acceptors (Lipinski definition) is 4. The van der Waals surface area contributed by atoms with Gasteiger partial charge in [0.15, 0.2) is 0 Å². The fourth-order valence-electron chi connectivity index (χ4n) is 4.00. The number of H-pyrrole nitrogens is 1. The van der Waals surface area contributed by atoms with E-state index in [4.69, 9.17) is 4.74 Å². The van der Waals surface area contributed by atoms with Crippen LogP contribution in [0.2, 0.25) is 0 Å². The fourth-order valence-corrected chi connectivity index (χ4v) is 4.00. The summed E-state index contributed by atoms with van der Waals surface area (Å²) in [7, 11) is 1.34. The Balaban J connectivity index is 1.61. The van der Waals surface area contributed by atoms with Crippen LogP contribution in [0.4, 0.5) is 10.5 Å². The molecule has 166 valence electrons. The van der Waals surface area contributed by atoms with Gasteiger partial charge in [0.2, 0.25) is 0 Å². The summed E-state index contributed by atoms with van der Waals surface area (Å²) in [6.07, 6.45) is 2.76. The van der Waals surface area contributed by atoms with Crippen LogP contribution in [0.1, 0.15) is 58.3 Å². The molecular weight excluding hydrogens is 396 g/mol. The van der Waals surface area contributed by atoms with Crippen molar-refractivity contribution in [3.05, 3.63) is 52.8 Å². The van der Waals surface area contributed by atoms with E-state index in [9.17, 15) is 14.4 Å². The van der Waals surface area contributed by atoms with Crippen molar-refractivity contribution in [3.8, 4) is 0 Å². The average molecular weight is 427 g/mol. The summed E-state index contributed by atoms with van der Waals surface area (Å²) < 4.78 is 4.91. The number of carbonyl (C=O) groups excluding carboxylic acids is 3. The summed E-state index contributed by atoms with van der Waals surface area (Å²) in [5.41, 5.74) is 3.03. The molecule has 0 spiro atoms. The standard InChI is InChI=1S/C23H30N4O4/c1-4-8-18-19(22(29)31-3)15(2)24-20(18)21(28)27-13-11-17(12-14-27)26-23(30)25-16-9-6-5-7-10-16/h5-7,9-10,17,24H,4,8,11-14H2,1-3H3,(H2,25,26,30). The summed E-state index contributed by atoms with van der Waals surface area (Å²) in [5.74, 6) is -0.544. The number of amides is 3. The molecule has 0 saturated carbocycles. The van der Waals surface area contributed by atoms with Crippen LogP contribution in [0, 0.1) is 6.92 Å². The molecule has 1 aliphatic rings. The lowest BCUT2D eigenvalue weighted by Crippen LogP contribution is -2.47. The highest BCUT2D eigenvalue weighted by Crippen LogP contribution is 2.24. The fraction of sp³-hybridized carbons (Fsp3) is 0.435. The number of urea groups is 1. The third-order valence-corrected chi connectivity index (χ3v) is 5.54. The van der Waals surface area contributed by atoms with E-state index in [0.29, 0.717) is 49.3 Å². The van der Waals surface area contributed by atoms with E-state index in [1.54, 1.807) is 11.8 Å². The quantitative estimate of drug-likeness (QED) is 0.615. The normalized spacial score (nSPS) is 14.2. The number of esters is 1. The van der Waals surface area contributed by atoms with Crippen molar-refractivity contribution in [3.63, 3.8) is 0 Å². The smallest absolute Gasteiger partial charge is 0.339 e. The highest BCUT2D eigenvalue weighted by molar-refractivity contribution is 6.00. The molecule has 1 aliphatic heterocycles. The number of likely N-dealkylation sites (tertiary alicyclic amines) is 1. The molecule has 3 amide bonds. The summed E-state index contributed by atoms with van der Waals surface area (Å²) in [5, 5.41) is 5.79. The first-order chi connectivity index (χ1) is 14.9. The van der Waals surface area contributed by atoms with Crippen LogP contribution in [0.15, 0.2) is 30.3 Å². The first-order valence-electron chi connectivity index (χ1n) is 10.7. The average Bonchev–Trinajstić information content (AvgIpc) is 3.10. The molecule has 1 saturated heterocycles. The Kier molecular flexibility index (Phi) is 7.33. The van der Waals surface area contributed by atoms with Gasteiger partial charge in [-0.25, -0.2) is 9.59 Å². The van der Waals surface area contributed by atoms with Crippen molar-refractivity contribution in [2.24, 2.45) is 0 Å². The molecule has 31 heavy (non-hydrogen) atoms. The number of rotatable bonds is 6. The van der Waals surface area contributed by atoms with Crippen LogP contribution in [-0.2, 0) is 11.2 Å². The zero-order valence-electron chi connectivity index (χ0n) is 18.3. The SMILES string of the molecule is CCCc1c(C(=O)N2CCC(NC(=O)Nc3ccccc3)CC2)[nH]c(C)c1C(=O)OC. The molecule has 0 radical (unpaired) electrons. The van der Waals surface area contributed by atoms with Crippen molar-refractivity contribution in [2.75, 3.05) is 25.5 Å². The minimum Gasteiger partial charge on any atom is -0.465 e. The van der Waals surface area contributed by atoms with Gasteiger partial charge in [0.1, 0.15) is 5.69 Å². The minimum atomic E-state index is -0.427. The predicted octanol–water partition coefficient (Wildman–Crippen LogP) is 3.49. The number of anilines is 1. The number of aromatic nitrogens is 1. The Bertz CT molecular complexity index is 931. The van der Waals surface area contributed by atoms with Crippen molar-refractivity contribution >= 4 is 23.6 Å². The molecular formula is C23H30N4O4. The van der Waals surface area contributed by atoms with Gasteiger partial charge in [-0.05, 0) is 43.9 Å². The molecule has 2 aromatic rings. The van der Waals surface area contributed by atoms with Gasteiger partial charge in [0, 0.05) is 30.5 Å². The lowest BCUT2D eigenvalue weighted by molar-refractivity contribution is 0.0599. The van der Waals surface area contributed by atoms with E-state index in [1.807, 2.05) is 37.3 Å². The summed E-state index contributed by atoms with van der Waals surface area (Å²) in [6, 6.07) is 9.02. The van der Waals surface area contributed by atoms with E-state index in [0.717, 1.165) is 17.7 Å². The molecule has 3 N–H and O–H groups in total. The molecule has 1 fully saturated rings.